The first-order valence-corrected chi connectivity index (χ1v) is 12.2. The van der Waals surface area contributed by atoms with Gasteiger partial charge in [-0.1, -0.05) is 11.3 Å². The van der Waals surface area contributed by atoms with Gasteiger partial charge in [0.25, 0.3) is 5.91 Å². The fourth-order valence-electron chi connectivity index (χ4n) is 3.78. The van der Waals surface area contributed by atoms with Crippen LogP contribution in [-0.4, -0.2) is 45.1 Å². The number of hydrogen-bond donors (Lipinski definition) is 1. The fourth-order valence-corrected chi connectivity index (χ4v) is 4.57. The Kier molecular flexibility index (Phi) is 6.18. The number of halogens is 3. The van der Waals surface area contributed by atoms with Crippen LogP contribution in [0.2, 0.25) is 0 Å². The van der Waals surface area contributed by atoms with Crippen LogP contribution < -0.4 is 10.1 Å². The molecule has 5 rings (SSSR count). The molecule has 190 valence electrons. The van der Waals surface area contributed by atoms with Crippen LogP contribution in [0.5, 0.6) is 5.75 Å². The molecule has 1 atom stereocenters. The van der Waals surface area contributed by atoms with E-state index in [2.05, 4.69) is 25.1 Å². The SMILES string of the molecule is COC(=O)c1cnc(-n2nc(C3CC3)nc2C(C)NC(=O)c2cc(OC(F)(F)F)cc(C3CC3)c2)s1. The zero-order chi connectivity index (χ0) is 25.6. The lowest BCUT2D eigenvalue weighted by molar-refractivity contribution is -0.274. The Bertz CT molecular complexity index is 1310. The highest BCUT2D eigenvalue weighted by atomic mass is 32.1. The first kappa shape index (κ1) is 24.2. The van der Waals surface area contributed by atoms with Gasteiger partial charge in [0.2, 0.25) is 5.13 Å². The monoisotopic (exact) mass is 521 g/mol. The predicted octanol–water partition coefficient (Wildman–Crippen LogP) is 4.65. The highest BCUT2D eigenvalue weighted by Gasteiger charge is 2.34. The van der Waals surface area contributed by atoms with Gasteiger partial charge < -0.3 is 14.8 Å². The number of thiazole rings is 1. The largest absolute Gasteiger partial charge is 0.573 e. The summed E-state index contributed by atoms with van der Waals surface area (Å²) in [5.74, 6) is -0.208. The number of ether oxygens (including phenoxy) is 2. The topological polar surface area (TPSA) is 108 Å². The summed E-state index contributed by atoms with van der Waals surface area (Å²) < 4.78 is 48.8. The minimum atomic E-state index is -4.87. The van der Waals surface area contributed by atoms with E-state index in [4.69, 9.17) is 4.74 Å². The van der Waals surface area contributed by atoms with Gasteiger partial charge in [0.1, 0.15) is 10.6 Å². The maximum Gasteiger partial charge on any atom is 0.573 e. The van der Waals surface area contributed by atoms with Crippen LogP contribution in [0.25, 0.3) is 5.13 Å². The van der Waals surface area contributed by atoms with E-state index in [-0.39, 0.29) is 22.3 Å². The fraction of sp³-hybridized carbons (Fsp3) is 0.435. The van der Waals surface area contributed by atoms with Crippen molar-refractivity contribution in [1.82, 2.24) is 25.1 Å². The molecule has 36 heavy (non-hydrogen) atoms. The molecule has 2 aliphatic rings. The van der Waals surface area contributed by atoms with Gasteiger partial charge in [-0.05, 0) is 62.3 Å². The van der Waals surface area contributed by atoms with Crippen LogP contribution in [-0.2, 0) is 4.74 Å². The molecule has 1 N–H and O–H groups in total. The number of aromatic nitrogens is 4. The number of hydrogen-bond acceptors (Lipinski definition) is 8. The molecule has 2 heterocycles. The molecule has 2 saturated carbocycles. The predicted molar refractivity (Wildman–Crippen MR) is 121 cm³/mol. The number of amides is 1. The average Bonchev–Trinajstić information content (AvgIpc) is 3.75. The number of alkyl halides is 3. The van der Waals surface area contributed by atoms with Gasteiger partial charge >= 0.3 is 12.3 Å². The van der Waals surface area contributed by atoms with E-state index in [0.717, 1.165) is 43.1 Å². The van der Waals surface area contributed by atoms with Crippen molar-refractivity contribution in [3.8, 4) is 10.9 Å². The molecule has 3 aromatic rings. The first-order chi connectivity index (χ1) is 17.1. The number of carbonyl (C=O) groups excluding carboxylic acids is 2. The van der Waals surface area contributed by atoms with Crippen molar-refractivity contribution in [2.45, 2.75) is 56.8 Å². The first-order valence-electron chi connectivity index (χ1n) is 11.3. The summed E-state index contributed by atoms with van der Waals surface area (Å²) in [5.41, 5.74) is 0.688. The Balaban J connectivity index is 1.41. The van der Waals surface area contributed by atoms with Crippen LogP contribution in [0.3, 0.4) is 0 Å². The molecule has 0 spiro atoms. The van der Waals surface area contributed by atoms with E-state index >= 15 is 0 Å². The van der Waals surface area contributed by atoms with Gasteiger partial charge in [0.05, 0.1) is 19.3 Å². The van der Waals surface area contributed by atoms with Gasteiger partial charge in [-0.25, -0.2) is 14.8 Å². The Morgan fingerprint density at radius 2 is 1.89 bits per heavy atom. The number of nitrogens with one attached hydrogen (secondary N) is 1. The maximum absolute atomic E-state index is 13.1. The third-order valence-corrected chi connectivity index (χ3v) is 6.81. The molecule has 2 aromatic heterocycles. The molecule has 2 aliphatic carbocycles. The molecular weight excluding hydrogens is 499 g/mol. The summed E-state index contributed by atoms with van der Waals surface area (Å²) in [7, 11) is 1.27. The van der Waals surface area contributed by atoms with Gasteiger partial charge in [-0.2, -0.15) is 4.68 Å². The standard InChI is InChI=1S/C23H22F3N5O4S/c1-11(28-20(32)15-7-14(12-3-4-12)8-16(9-15)35-23(24,25)26)19-29-18(13-5-6-13)30-31(19)22-27-10-17(36-22)21(33)34-2/h7-13H,3-6H2,1-2H3,(H,28,32). The van der Waals surface area contributed by atoms with Crippen molar-refractivity contribution in [3.05, 3.63) is 52.0 Å². The lowest BCUT2D eigenvalue weighted by Crippen LogP contribution is -2.29. The second-order valence-corrected chi connectivity index (χ2v) is 9.83. The minimum absolute atomic E-state index is 0.0567. The molecule has 1 unspecified atom stereocenters. The number of nitrogens with zero attached hydrogens (tertiary/aromatic N) is 4. The van der Waals surface area contributed by atoms with E-state index in [1.54, 1.807) is 13.0 Å². The van der Waals surface area contributed by atoms with Crippen molar-refractivity contribution < 1.29 is 32.2 Å². The van der Waals surface area contributed by atoms with Gasteiger partial charge in [-0.3, -0.25) is 4.79 Å². The molecule has 0 bridgehead atoms. The lowest BCUT2D eigenvalue weighted by atomic mass is 10.1. The number of methoxy groups -OCH3 is 1. The Morgan fingerprint density at radius 1 is 1.17 bits per heavy atom. The molecule has 1 aromatic carbocycles. The number of benzene rings is 1. The Morgan fingerprint density at radius 3 is 2.53 bits per heavy atom. The van der Waals surface area contributed by atoms with Gasteiger partial charge in [0.15, 0.2) is 11.6 Å². The quantitative estimate of drug-likeness (QED) is 0.430. The summed E-state index contributed by atoms with van der Waals surface area (Å²) in [6, 6.07) is 3.32. The minimum Gasteiger partial charge on any atom is -0.465 e. The second-order valence-electron chi connectivity index (χ2n) is 8.82. The van der Waals surface area contributed by atoms with Crippen LogP contribution in [0.4, 0.5) is 13.2 Å². The van der Waals surface area contributed by atoms with E-state index in [0.29, 0.717) is 22.3 Å². The van der Waals surface area contributed by atoms with Crippen molar-refractivity contribution in [1.29, 1.82) is 0 Å². The lowest BCUT2D eigenvalue weighted by Gasteiger charge is -2.16. The molecular formula is C23H22F3N5O4S. The van der Waals surface area contributed by atoms with E-state index in [1.807, 2.05) is 0 Å². The summed E-state index contributed by atoms with van der Waals surface area (Å²) in [6.07, 6.45) is 0.109. The summed E-state index contributed by atoms with van der Waals surface area (Å²) >= 11 is 1.07. The van der Waals surface area contributed by atoms with Crippen molar-refractivity contribution in [2.75, 3.05) is 7.11 Å². The Labute approximate surface area is 207 Å². The normalized spacial score (nSPS) is 16.5. The van der Waals surface area contributed by atoms with Crippen LogP contribution in [0.15, 0.2) is 24.4 Å². The van der Waals surface area contributed by atoms with Gasteiger partial charge in [0, 0.05) is 11.5 Å². The molecule has 9 nitrogen and oxygen atoms in total. The second kappa shape index (κ2) is 9.19. The molecule has 13 heteroatoms. The number of rotatable bonds is 8. The van der Waals surface area contributed by atoms with Crippen molar-refractivity contribution in [3.63, 3.8) is 0 Å². The Hall–Kier alpha value is -3.48. The van der Waals surface area contributed by atoms with E-state index in [1.165, 1.54) is 24.1 Å². The van der Waals surface area contributed by atoms with E-state index < -0.39 is 30.0 Å². The molecule has 0 aliphatic heterocycles. The van der Waals surface area contributed by atoms with Crippen LogP contribution in [0, 0.1) is 0 Å². The van der Waals surface area contributed by atoms with Crippen LogP contribution in [0.1, 0.15) is 87.7 Å². The molecule has 0 radical (unpaired) electrons. The summed E-state index contributed by atoms with van der Waals surface area (Å²) in [6.45, 7) is 1.70. The number of carbonyl (C=O) groups is 2. The van der Waals surface area contributed by atoms with Crippen molar-refractivity contribution >= 4 is 23.2 Å². The summed E-state index contributed by atoms with van der Waals surface area (Å²) in [4.78, 5) is 34.1. The third-order valence-electron chi connectivity index (χ3n) is 5.86. The maximum atomic E-state index is 13.1. The highest BCUT2D eigenvalue weighted by molar-refractivity contribution is 7.15. The van der Waals surface area contributed by atoms with Crippen molar-refractivity contribution in [2.24, 2.45) is 0 Å². The van der Waals surface area contributed by atoms with Gasteiger partial charge in [-0.15, -0.1) is 18.3 Å². The highest BCUT2D eigenvalue weighted by Crippen LogP contribution is 2.42. The number of esters is 1. The molecule has 2 fully saturated rings. The average molecular weight is 522 g/mol. The zero-order valence-electron chi connectivity index (χ0n) is 19.3. The summed E-state index contributed by atoms with van der Waals surface area (Å²) in [5, 5.41) is 7.72. The van der Waals surface area contributed by atoms with Crippen LogP contribution >= 0.6 is 11.3 Å². The smallest absolute Gasteiger partial charge is 0.465 e. The van der Waals surface area contributed by atoms with E-state index in [9.17, 15) is 22.8 Å². The zero-order valence-corrected chi connectivity index (χ0v) is 20.2. The third kappa shape index (κ3) is 5.35. The molecule has 0 saturated heterocycles. The molecule has 1 amide bonds.